The Kier molecular flexibility index (Phi) is 2.66. The van der Waals surface area contributed by atoms with Gasteiger partial charge in [0, 0.05) is 18.2 Å². The van der Waals surface area contributed by atoms with Crippen LogP contribution in [0.25, 0.3) is 0 Å². The SMILES string of the molecule is C1CC(c2nnc(C3CCSC3)o2)CN1. The fraction of sp³-hybridized carbons (Fsp3) is 0.800. The zero-order chi connectivity index (χ0) is 10.1. The van der Waals surface area contributed by atoms with Crippen molar-refractivity contribution in [1.82, 2.24) is 15.5 Å². The standard InChI is InChI=1S/C10H15N3OS/c1-3-11-5-7(1)9-12-13-10(14-9)8-2-4-15-6-8/h7-8,11H,1-6H2. The molecule has 5 heteroatoms. The Morgan fingerprint density at radius 1 is 1.20 bits per heavy atom. The van der Waals surface area contributed by atoms with Gasteiger partial charge in [0.2, 0.25) is 11.8 Å². The smallest absolute Gasteiger partial charge is 0.220 e. The van der Waals surface area contributed by atoms with E-state index in [1.54, 1.807) is 0 Å². The Morgan fingerprint density at radius 2 is 2.07 bits per heavy atom. The predicted molar refractivity (Wildman–Crippen MR) is 59.2 cm³/mol. The molecule has 0 amide bonds. The van der Waals surface area contributed by atoms with Gasteiger partial charge < -0.3 is 9.73 Å². The first-order valence-electron chi connectivity index (χ1n) is 5.55. The van der Waals surface area contributed by atoms with Crippen molar-refractivity contribution in [1.29, 1.82) is 0 Å². The second-order valence-corrected chi connectivity index (χ2v) is 5.38. The van der Waals surface area contributed by atoms with Crippen LogP contribution in [0.5, 0.6) is 0 Å². The molecule has 1 aromatic rings. The Balaban J connectivity index is 1.74. The van der Waals surface area contributed by atoms with E-state index in [-0.39, 0.29) is 0 Å². The van der Waals surface area contributed by atoms with Crippen LogP contribution >= 0.6 is 11.8 Å². The third-order valence-electron chi connectivity index (χ3n) is 3.14. The molecular weight excluding hydrogens is 210 g/mol. The lowest BCUT2D eigenvalue weighted by Gasteiger charge is -2.02. The van der Waals surface area contributed by atoms with Crippen molar-refractivity contribution in [2.24, 2.45) is 0 Å². The van der Waals surface area contributed by atoms with Crippen LogP contribution in [0.2, 0.25) is 0 Å². The highest BCUT2D eigenvalue weighted by atomic mass is 32.2. The molecule has 15 heavy (non-hydrogen) atoms. The van der Waals surface area contributed by atoms with E-state index in [0.717, 1.165) is 37.0 Å². The van der Waals surface area contributed by atoms with Crippen molar-refractivity contribution in [2.45, 2.75) is 24.7 Å². The van der Waals surface area contributed by atoms with Gasteiger partial charge in [0.05, 0.1) is 5.92 Å². The summed E-state index contributed by atoms with van der Waals surface area (Å²) in [6.07, 6.45) is 2.32. The first kappa shape index (κ1) is 9.66. The molecule has 0 spiro atoms. The van der Waals surface area contributed by atoms with E-state index in [4.69, 9.17) is 4.42 Å². The molecule has 2 aliphatic heterocycles. The first-order valence-corrected chi connectivity index (χ1v) is 6.70. The second kappa shape index (κ2) is 4.14. The van der Waals surface area contributed by atoms with Crippen molar-refractivity contribution in [3.05, 3.63) is 11.8 Å². The maximum absolute atomic E-state index is 5.78. The number of aromatic nitrogens is 2. The van der Waals surface area contributed by atoms with Gasteiger partial charge in [0.25, 0.3) is 0 Å². The van der Waals surface area contributed by atoms with Crippen molar-refractivity contribution >= 4 is 11.8 Å². The third kappa shape index (κ3) is 1.90. The Morgan fingerprint density at radius 3 is 2.73 bits per heavy atom. The van der Waals surface area contributed by atoms with Gasteiger partial charge in [-0.05, 0) is 25.1 Å². The van der Waals surface area contributed by atoms with E-state index in [1.165, 1.54) is 12.2 Å². The van der Waals surface area contributed by atoms with Crippen LogP contribution in [0.15, 0.2) is 4.42 Å². The normalized spacial score (nSPS) is 31.2. The Labute approximate surface area is 93.2 Å². The molecule has 82 valence electrons. The lowest BCUT2D eigenvalue weighted by molar-refractivity contribution is 0.404. The topological polar surface area (TPSA) is 51.0 Å². The Bertz CT molecular complexity index is 299. The summed E-state index contributed by atoms with van der Waals surface area (Å²) in [6, 6.07) is 0. The van der Waals surface area contributed by atoms with Gasteiger partial charge in [0.15, 0.2) is 0 Å². The summed E-state index contributed by atoms with van der Waals surface area (Å²) in [4.78, 5) is 0. The minimum atomic E-state index is 0.445. The second-order valence-electron chi connectivity index (χ2n) is 4.23. The monoisotopic (exact) mass is 225 g/mol. The van der Waals surface area contributed by atoms with E-state index >= 15 is 0 Å². The van der Waals surface area contributed by atoms with E-state index in [0.29, 0.717) is 11.8 Å². The molecule has 2 unspecified atom stereocenters. The highest BCUT2D eigenvalue weighted by Gasteiger charge is 2.26. The van der Waals surface area contributed by atoms with Crippen molar-refractivity contribution in [2.75, 3.05) is 24.6 Å². The van der Waals surface area contributed by atoms with E-state index in [2.05, 4.69) is 15.5 Å². The van der Waals surface area contributed by atoms with Crippen LogP contribution in [0.4, 0.5) is 0 Å². The molecule has 0 aliphatic carbocycles. The highest BCUT2D eigenvalue weighted by Crippen LogP contribution is 2.32. The van der Waals surface area contributed by atoms with Crippen LogP contribution in [0.3, 0.4) is 0 Å². The van der Waals surface area contributed by atoms with Crippen LogP contribution in [-0.2, 0) is 0 Å². The maximum atomic E-state index is 5.78. The summed E-state index contributed by atoms with van der Waals surface area (Å²) in [5, 5.41) is 11.7. The average molecular weight is 225 g/mol. The molecule has 0 saturated carbocycles. The maximum Gasteiger partial charge on any atom is 0.220 e. The molecule has 3 heterocycles. The van der Waals surface area contributed by atoms with Crippen molar-refractivity contribution in [3.63, 3.8) is 0 Å². The van der Waals surface area contributed by atoms with Gasteiger partial charge in [-0.1, -0.05) is 0 Å². The number of nitrogens with zero attached hydrogens (tertiary/aromatic N) is 2. The largest absolute Gasteiger partial charge is 0.425 e. The minimum absolute atomic E-state index is 0.445. The molecule has 2 saturated heterocycles. The van der Waals surface area contributed by atoms with Crippen LogP contribution in [-0.4, -0.2) is 34.8 Å². The molecule has 1 aromatic heterocycles. The van der Waals surface area contributed by atoms with Crippen LogP contribution in [0, 0.1) is 0 Å². The summed E-state index contributed by atoms with van der Waals surface area (Å²) >= 11 is 1.98. The van der Waals surface area contributed by atoms with Gasteiger partial charge in [-0.3, -0.25) is 0 Å². The third-order valence-corrected chi connectivity index (χ3v) is 4.31. The number of rotatable bonds is 2. The van der Waals surface area contributed by atoms with Gasteiger partial charge in [0.1, 0.15) is 0 Å². The van der Waals surface area contributed by atoms with Gasteiger partial charge >= 0.3 is 0 Å². The lowest BCUT2D eigenvalue weighted by atomic mass is 10.1. The summed E-state index contributed by atoms with van der Waals surface area (Å²) in [5.41, 5.74) is 0. The molecule has 4 nitrogen and oxygen atoms in total. The molecule has 0 bridgehead atoms. The van der Waals surface area contributed by atoms with Crippen LogP contribution in [0.1, 0.15) is 36.5 Å². The van der Waals surface area contributed by atoms with E-state index in [1.807, 2.05) is 11.8 Å². The molecule has 2 fully saturated rings. The summed E-state index contributed by atoms with van der Waals surface area (Å²) in [7, 11) is 0. The summed E-state index contributed by atoms with van der Waals surface area (Å²) in [5.74, 6) is 5.03. The zero-order valence-corrected chi connectivity index (χ0v) is 9.42. The van der Waals surface area contributed by atoms with Gasteiger partial charge in [-0.25, -0.2) is 0 Å². The van der Waals surface area contributed by atoms with Gasteiger partial charge in [-0.15, -0.1) is 10.2 Å². The van der Waals surface area contributed by atoms with E-state index < -0.39 is 0 Å². The molecule has 1 N–H and O–H groups in total. The van der Waals surface area contributed by atoms with Gasteiger partial charge in [-0.2, -0.15) is 11.8 Å². The summed E-state index contributed by atoms with van der Waals surface area (Å²) in [6.45, 7) is 2.06. The predicted octanol–water partition coefficient (Wildman–Crippen LogP) is 1.37. The first-order chi connectivity index (χ1) is 7.43. The number of thioether (sulfide) groups is 1. The average Bonchev–Trinajstić information content (AvgIpc) is 3.02. The molecule has 3 rings (SSSR count). The fourth-order valence-corrected chi connectivity index (χ4v) is 3.38. The van der Waals surface area contributed by atoms with E-state index in [9.17, 15) is 0 Å². The molecule has 0 aromatic carbocycles. The van der Waals surface area contributed by atoms with Crippen molar-refractivity contribution < 1.29 is 4.42 Å². The van der Waals surface area contributed by atoms with Crippen LogP contribution < -0.4 is 5.32 Å². The minimum Gasteiger partial charge on any atom is -0.425 e. The quantitative estimate of drug-likeness (QED) is 0.823. The zero-order valence-electron chi connectivity index (χ0n) is 8.61. The number of hydrogen-bond acceptors (Lipinski definition) is 5. The summed E-state index contributed by atoms with van der Waals surface area (Å²) < 4.78 is 5.78. The molecule has 2 aliphatic rings. The molecular formula is C10H15N3OS. The molecule has 2 atom stereocenters. The van der Waals surface area contributed by atoms with Crippen molar-refractivity contribution in [3.8, 4) is 0 Å². The fourth-order valence-electron chi connectivity index (χ4n) is 2.17. The number of nitrogens with one attached hydrogen (secondary N) is 1. The lowest BCUT2D eigenvalue weighted by Crippen LogP contribution is -2.08. The Hall–Kier alpha value is -0.550. The molecule has 0 radical (unpaired) electrons. The highest BCUT2D eigenvalue weighted by molar-refractivity contribution is 7.99. The number of hydrogen-bond donors (Lipinski definition) is 1.